The standard InChI is InChI=1S/C11H22N2OS/c1-15-9-3-2-4-11(14)13-10-5-7-12-8-6-10/h10,12H,2-9H2,1H3,(H,13,14). The fourth-order valence-electron chi connectivity index (χ4n) is 1.80. The molecule has 0 radical (unpaired) electrons. The molecule has 1 amide bonds. The monoisotopic (exact) mass is 230 g/mol. The van der Waals surface area contributed by atoms with Gasteiger partial charge in [-0.1, -0.05) is 0 Å². The topological polar surface area (TPSA) is 41.1 Å². The SMILES string of the molecule is CSCCCCC(=O)NC1CCNCC1. The van der Waals surface area contributed by atoms with Crippen molar-refractivity contribution in [3.63, 3.8) is 0 Å². The van der Waals surface area contributed by atoms with Crippen molar-refractivity contribution in [3.05, 3.63) is 0 Å². The van der Waals surface area contributed by atoms with E-state index in [0.717, 1.165) is 38.8 Å². The Kier molecular flexibility index (Phi) is 6.85. The normalized spacial score (nSPS) is 17.7. The van der Waals surface area contributed by atoms with Gasteiger partial charge in [-0.05, 0) is 50.8 Å². The Labute approximate surface area is 96.8 Å². The molecule has 1 aliphatic heterocycles. The summed E-state index contributed by atoms with van der Waals surface area (Å²) in [4.78, 5) is 11.5. The van der Waals surface area contributed by atoms with Crippen LogP contribution in [0.2, 0.25) is 0 Å². The maximum atomic E-state index is 11.5. The zero-order valence-corrected chi connectivity index (χ0v) is 10.4. The van der Waals surface area contributed by atoms with E-state index in [4.69, 9.17) is 0 Å². The van der Waals surface area contributed by atoms with Crippen LogP contribution in [0.5, 0.6) is 0 Å². The quantitative estimate of drug-likeness (QED) is 0.678. The second-order valence-corrected chi connectivity index (χ2v) is 5.03. The molecule has 3 nitrogen and oxygen atoms in total. The van der Waals surface area contributed by atoms with Gasteiger partial charge >= 0.3 is 0 Å². The van der Waals surface area contributed by atoms with Crippen LogP contribution >= 0.6 is 11.8 Å². The highest BCUT2D eigenvalue weighted by Gasteiger charge is 2.14. The number of hydrogen-bond donors (Lipinski definition) is 2. The number of carbonyl (C=O) groups is 1. The lowest BCUT2D eigenvalue weighted by molar-refractivity contribution is -0.122. The van der Waals surface area contributed by atoms with Crippen molar-refractivity contribution in [3.8, 4) is 0 Å². The van der Waals surface area contributed by atoms with E-state index < -0.39 is 0 Å². The summed E-state index contributed by atoms with van der Waals surface area (Å²) in [7, 11) is 0. The maximum Gasteiger partial charge on any atom is 0.220 e. The summed E-state index contributed by atoms with van der Waals surface area (Å²) in [6, 6.07) is 0.416. The summed E-state index contributed by atoms with van der Waals surface area (Å²) >= 11 is 1.85. The lowest BCUT2D eigenvalue weighted by Gasteiger charge is -2.23. The molecule has 1 heterocycles. The van der Waals surface area contributed by atoms with Crippen molar-refractivity contribution in [1.82, 2.24) is 10.6 Å². The Morgan fingerprint density at radius 2 is 2.13 bits per heavy atom. The molecule has 0 aromatic rings. The Morgan fingerprint density at radius 3 is 2.80 bits per heavy atom. The third-order valence-corrected chi connectivity index (χ3v) is 3.40. The Balaban J connectivity index is 2.01. The van der Waals surface area contributed by atoms with Crippen LogP contribution in [-0.2, 0) is 4.79 Å². The number of nitrogens with one attached hydrogen (secondary N) is 2. The van der Waals surface area contributed by atoms with E-state index in [1.165, 1.54) is 5.75 Å². The van der Waals surface area contributed by atoms with Crippen molar-refractivity contribution < 1.29 is 4.79 Å². The first kappa shape index (κ1) is 12.8. The average Bonchev–Trinajstić information content (AvgIpc) is 2.26. The van der Waals surface area contributed by atoms with Gasteiger partial charge in [-0.3, -0.25) is 4.79 Å². The molecule has 4 heteroatoms. The Bertz CT molecular complexity index is 181. The van der Waals surface area contributed by atoms with E-state index >= 15 is 0 Å². The number of hydrogen-bond acceptors (Lipinski definition) is 3. The fourth-order valence-corrected chi connectivity index (χ4v) is 2.29. The minimum atomic E-state index is 0.239. The highest BCUT2D eigenvalue weighted by atomic mass is 32.2. The van der Waals surface area contributed by atoms with E-state index in [9.17, 15) is 4.79 Å². The van der Waals surface area contributed by atoms with Crippen molar-refractivity contribution in [1.29, 1.82) is 0 Å². The van der Waals surface area contributed by atoms with Gasteiger partial charge in [-0.15, -0.1) is 0 Å². The first-order chi connectivity index (χ1) is 7.33. The minimum Gasteiger partial charge on any atom is -0.353 e. The first-order valence-corrected chi connectivity index (χ1v) is 7.21. The molecule has 0 saturated carbocycles. The van der Waals surface area contributed by atoms with Gasteiger partial charge < -0.3 is 10.6 Å². The van der Waals surface area contributed by atoms with E-state index in [0.29, 0.717) is 12.5 Å². The molecule has 0 unspecified atom stereocenters. The van der Waals surface area contributed by atoms with E-state index in [-0.39, 0.29) is 5.91 Å². The number of rotatable bonds is 6. The second-order valence-electron chi connectivity index (χ2n) is 4.04. The lowest BCUT2D eigenvalue weighted by Crippen LogP contribution is -2.42. The molecule has 0 aliphatic carbocycles. The van der Waals surface area contributed by atoms with Crippen molar-refractivity contribution in [2.24, 2.45) is 0 Å². The molecular formula is C11H22N2OS. The molecule has 1 fully saturated rings. The van der Waals surface area contributed by atoms with Gasteiger partial charge in [0.2, 0.25) is 5.91 Å². The largest absolute Gasteiger partial charge is 0.353 e. The molecule has 0 atom stereocenters. The van der Waals surface area contributed by atoms with Gasteiger partial charge in [0.25, 0.3) is 0 Å². The summed E-state index contributed by atoms with van der Waals surface area (Å²) in [6.07, 6.45) is 7.14. The number of piperidine rings is 1. The summed E-state index contributed by atoms with van der Waals surface area (Å²) in [6.45, 7) is 2.08. The number of amides is 1. The lowest BCUT2D eigenvalue weighted by atomic mass is 10.1. The summed E-state index contributed by atoms with van der Waals surface area (Å²) in [5.41, 5.74) is 0. The average molecular weight is 230 g/mol. The van der Waals surface area contributed by atoms with Gasteiger partial charge in [0.15, 0.2) is 0 Å². The molecule has 0 bridgehead atoms. The van der Waals surface area contributed by atoms with Crippen LogP contribution < -0.4 is 10.6 Å². The van der Waals surface area contributed by atoms with Crippen molar-refractivity contribution in [2.75, 3.05) is 25.1 Å². The molecule has 88 valence electrons. The minimum absolute atomic E-state index is 0.239. The summed E-state index contributed by atoms with van der Waals surface area (Å²) in [5.74, 6) is 1.41. The highest BCUT2D eigenvalue weighted by Crippen LogP contribution is 2.05. The van der Waals surface area contributed by atoms with Crippen LogP contribution in [0.3, 0.4) is 0 Å². The molecule has 1 aliphatic rings. The van der Waals surface area contributed by atoms with Crippen LogP contribution in [-0.4, -0.2) is 37.0 Å². The molecule has 2 N–H and O–H groups in total. The number of carbonyl (C=O) groups excluding carboxylic acids is 1. The van der Waals surface area contributed by atoms with Gasteiger partial charge in [0.1, 0.15) is 0 Å². The summed E-state index contributed by atoms with van der Waals surface area (Å²) < 4.78 is 0. The van der Waals surface area contributed by atoms with Crippen LogP contribution in [0.25, 0.3) is 0 Å². The third-order valence-electron chi connectivity index (χ3n) is 2.71. The van der Waals surface area contributed by atoms with Gasteiger partial charge in [-0.2, -0.15) is 11.8 Å². The smallest absolute Gasteiger partial charge is 0.220 e. The second kappa shape index (κ2) is 7.99. The van der Waals surface area contributed by atoms with Gasteiger partial charge in [-0.25, -0.2) is 0 Å². The first-order valence-electron chi connectivity index (χ1n) is 5.82. The molecule has 0 aromatic carbocycles. The van der Waals surface area contributed by atoms with Crippen LogP contribution in [0.4, 0.5) is 0 Å². The maximum absolute atomic E-state index is 11.5. The van der Waals surface area contributed by atoms with Crippen molar-refractivity contribution >= 4 is 17.7 Å². The zero-order chi connectivity index (χ0) is 10.9. The van der Waals surface area contributed by atoms with E-state index in [1.54, 1.807) is 0 Å². The van der Waals surface area contributed by atoms with E-state index in [2.05, 4.69) is 16.9 Å². The Hall–Kier alpha value is -0.220. The predicted octanol–water partition coefficient (Wildman–Crippen LogP) is 1.39. The Morgan fingerprint density at radius 1 is 1.40 bits per heavy atom. The molecule has 15 heavy (non-hydrogen) atoms. The predicted molar refractivity (Wildman–Crippen MR) is 66.3 cm³/mol. The van der Waals surface area contributed by atoms with Crippen LogP contribution in [0.1, 0.15) is 32.1 Å². The molecule has 1 rings (SSSR count). The van der Waals surface area contributed by atoms with Gasteiger partial charge in [0, 0.05) is 12.5 Å². The fraction of sp³-hybridized carbons (Fsp3) is 0.909. The zero-order valence-electron chi connectivity index (χ0n) is 9.55. The van der Waals surface area contributed by atoms with Crippen LogP contribution in [0, 0.1) is 0 Å². The van der Waals surface area contributed by atoms with Crippen LogP contribution in [0.15, 0.2) is 0 Å². The molecule has 0 spiro atoms. The van der Waals surface area contributed by atoms with Gasteiger partial charge in [0.05, 0.1) is 0 Å². The van der Waals surface area contributed by atoms with Crippen molar-refractivity contribution in [2.45, 2.75) is 38.1 Å². The number of unbranched alkanes of at least 4 members (excludes halogenated alkanes) is 1. The summed E-state index contributed by atoms with van der Waals surface area (Å²) in [5, 5.41) is 6.40. The highest BCUT2D eigenvalue weighted by molar-refractivity contribution is 7.98. The van der Waals surface area contributed by atoms with E-state index in [1.807, 2.05) is 11.8 Å². The molecule has 1 saturated heterocycles. The third kappa shape index (κ3) is 6.05. The molecular weight excluding hydrogens is 208 g/mol. The number of thioether (sulfide) groups is 1. The molecule has 0 aromatic heterocycles.